The Balaban J connectivity index is 1.96. The third-order valence-electron chi connectivity index (χ3n) is 6.74. The summed E-state index contributed by atoms with van der Waals surface area (Å²) >= 11 is 0. The van der Waals surface area contributed by atoms with Crippen molar-refractivity contribution in [2.75, 3.05) is 26.9 Å². The first-order chi connectivity index (χ1) is 15.8. The van der Waals surface area contributed by atoms with E-state index < -0.39 is 16.7 Å². The Bertz CT molecular complexity index is 920. The third-order valence-corrected chi connectivity index (χ3v) is 6.74. The van der Waals surface area contributed by atoms with Gasteiger partial charge in [0.25, 0.3) is 5.91 Å². The maximum Gasteiger partial charge on any atom is 0.254 e. The van der Waals surface area contributed by atoms with Crippen LogP contribution in [0.4, 0.5) is 0 Å². The zero-order chi connectivity index (χ0) is 24.1. The van der Waals surface area contributed by atoms with E-state index in [2.05, 4.69) is 24.4 Å². The van der Waals surface area contributed by atoms with Gasteiger partial charge >= 0.3 is 0 Å². The summed E-state index contributed by atoms with van der Waals surface area (Å²) in [6.07, 6.45) is 3.60. The molecule has 3 N–H and O–H groups in total. The van der Waals surface area contributed by atoms with Gasteiger partial charge in [0.2, 0.25) is 5.91 Å². The summed E-state index contributed by atoms with van der Waals surface area (Å²) in [5.41, 5.74) is 6.97. The van der Waals surface area contributed by atoms with Gasteiger partial charge in [0, 0.05) is 20.3 Å². The molecule has 7 nitrogen and oxygen atoms in total. The van der Waals surface area contributed by atoms with Gasteiger partial charge in [0.15, 0.2) is 6.29 Å². The number of hydrogen-bond acceptors (Lipinski definition) is 5. The average molecular weight is 457 g/mol. The Morgan fingerprint density at radius 3 is 2.42 bits per heavy atom. The normalized spacial score (nSPS) is 24.3. The highest BCUT2D eigenvalue weighted by Crippen LogP contribution is 2.52. The van der Waals surface area contributed by atoms with Crippen LogP contribution in [0.3, 0.4) is 0 Å². The minimum absolute atomic E-state index is 0.286. The van der Waals surface area contributed by atoms with E-state index >= 15 is 0 Å². The summed E-state index contributed by atoms with van der Waals surface area (Å²) in [5.74, 6) is -0.159. The molecule has 0 spiro atoms. The standard InChI is InChI=1S/C26H36N2O5/c1-5-31-21(32-6-2)13-10-14-26(24(27)30)15-19(23(29)28-4)22-20(16-26)25(3,17-33-22)18-11-8-7-9-12-18/h7-9,11-12,15,21H,5-6,10,13-14,16-17H2,1-4H3,(H2,27,30)(H,28,29). The lowest BCUT2D eigenvalue weighted by molar-refractivity contribution is -0.141. The van der Waals surface area contributed by atoms with E-state index in [9.17, 15) is 9.59 Å². The highest BCUT2D eigenvalue weighted by Gasteiger charge is 2.50. The van der Waals surface area contributed by atoms with Crippen LogP contribution in [0.5, 0.6) is 0 Å². The zero-order valence-corrected chi connectivity index (χ0v) is 20.1. The second-order valence-corrected chi connectivity index (χ2v) is 8.86. The number of benzene rings is 1. The summed E-state index contributed by atoms with van der Waals surface area (Å²) < 4.78 is 17.4. The van der Waals surface area contributed by atoms with Crippen LogP contribution in [-0.2, 0) is 29.2 Å². The van der Waals surface area contributed by atoms with Crippen molar-refractivity contribution < 1.29 is 23.8 Å². The molecule has 33 heavy (non-hydrogen) atoms. The predicted octanol–water partition coefficient (Wildman–Crippen LogP) is 3.35. The molecule has 1 heterocycles. The maximum atomic E-state index is 12.9. The molecule has 2 amide bonds. The monoisotopic (exact) mass is 456 g/mol. The molecule has 0 aromatic heterocycles. The van der Waals surface area contributed by atoms with Crippen molar-refractivity contribution in [3.05, 3.63) is 58.9 Å². The van der Waals surface area contributed by atoms with E-state index in [1.54, 1.807) is 13.1 Å². The number of hydrogen-bond donors (Lipinski definition) is 2. The molecule has 7 heteroatoms. The first kappa shape index (κ1) is 25.0. The van der Waals surface area contributed by atoms with E-state index in [0.717, 1.165) is 11.1 Å². The zero-order valence-electron chi connectivity index (χ0n) is 20.1. The molecule has 2 aliphatic rings. The molecule has 2 atom stereocenters. The van der Waals surface area contributed by atoms with E-state index in [4.69, 9.17) is 19.9 Å². The van der Waals surface area contributed by atoms with Gasteiger partial charge in [0.1, 0.15) is 12.4 Å². The van der Waals surface area contributed by atoms with Crippen LogP contribution in [0.15, 0.2) is 53.3 Å². The van der Waals surface area contributed by atoms with Crippen LogP contribution >= 0.6 is 0 Å². The lowest BCUT2D eigenvalue weighted by Crippen LogP contribution is -2.41. The Morgan fingerprint density at radius 1 is 1.18 bits per heavy atom. The van der Waals surface area contributed by atoms with Gasteiger partial charge in [-0.2, -0.15) is 0 Å². The van der Waals surface area contributed by atoms with E-state index in [1.165, 1.54) is 0 Å². The topological polar surface area (TPSA) is 99.9 Å². The van der Waals surface area contributed by atoms with Crippen molar-refractivity contribution in [2.24, 2.45) is 11.1 Å². The summed E-state index contributed by atoms with van der Waals surface area (Å²) in [6, 6.07) is 10.0. The van der Waals surface area contributed by atoms with Gasteiger partial charge in [-0.25, -0.2) is 0 Å². The largest absolute Gasteiger partial charge is 0.492 e. The molecule has 1 aromatic carbocycles. The SMILES string of the molecule is CCOC(CCCC1(C(N)=O)C=C(C(=O)NC)C2=C(C1)C(C)(c1ccccc1)CO2)OCC. The van der Waals surface area contributed by atoms with Gasteiger partial charge in [-0.05, 0) is 57.6 Å². The molecule has 0 fully saturated rings. The number of likely N-dealkylation sites (N-methyl/N-ethyl adjacent to an activating group) is 1. The number of carbonyl (C=O) groups is 2. The number of nitrogens with one attached hydrogen (secondary N) is 1. The van der Waals surface area contributed by atoms with Crippen molar-refractivity contribution in [3.8, 4) is 0 Å². The fourth-order valence-corrected chi connectivity index (χ4v) is 4.84. The van der Waals surface area contributed by atoms with Gasteiger partial charge in [-0.1, -0.05) is 36.4 Å². The molecule has 0 radical (unpaired) electrons. The fourth-order valence-electron chi connectivity index (χ4n) is 4.84. The lowest BCUT2D eigenvalue weighted by atomic mass is 9.65. The van der Waals surface area contributed by atoms with Crippen molar-refractivity contribution in [1.82, 2.24) is 5.32 Å². The van der Waals surface area contributed by atoms with Crippen molar-refractivity contribution in [3.63, 3.8) is 0 Å². The van der Waals surface area contributed by atoms with Crippen LogP contribution in [0.1, 0.15) is 52.0 Å². The average Bonchev–Trinajstić information content (AvgIpc) is 3.16. The summed E-state index contributed by atoms with van der Waals surface area (Å²) in [6.45, 7) is 7.46. The van der Waals surface area contributed by atoms with Gasteiger partial charge in [0.05, 0.1) is 16.4 Å². The number of carbonyl (C=O) groups excluding carboxylic acids is 2. The molecule has 180 valence electrons. The van der Waals surface area contributed by atoms with Crippen LogP contribution in [0.25, 0.3) is 0 Å². The summed E-state index contributed by atoms with van der Waals surface area (Å²) in [4.78, 5) is 25.8. The molecular weight excluding hydrogens is 420 g/mol. The quantitative estimate of drug-likeness (QED) is 0.498. The molecule has 2 unspecified atom stereocenters. The van der Waals surface area contributed by atoms with Crippen LogP contribution in [-0.4, -0.2) is 45.0 Å². The molecule has 0 saturated heterocycles. The van der Waals surface area contributed by atoms with Crippen LogP contribution in [0.2, 0.25) is 0 Å². The maximum absolute atomic E-state index is 12.9. The van der Waals surface area contributed by atoms with Crippen LogP contribution < -0.4 is 11.1 Å². The second-order valence-electron chi connectivity index (χ2n) is 8.86. The van der Waals surface area contributed by atoms with Gasteiger partial charge < -0.3 is 25.3 Å². The van der Waals surface area contributed by atoms with E-state index in [0.29, 0.717) is 56.8 Å². The Kier molecular flexibility index (Phi) is 7.97. The van der Waals surface area contributed by atoms with Gasteiger partial charge in [-0.15, -0.1) is 0 Å². The molecule has 1 aliphatic carbocycles. The number of primary amides is 1. The molecule has 0 saturated carbocycles. The Morgan fingerprint density at radius 2 is 1.85 bits per heavy atom. The second kappa shape index (κ2) is 10.5. The van der Waals surface area contributed by atoms with E-state index in [1.807, 2.05) is 32.0 Å². The highest BCUT2D eigenvalue weighted by atomic mass is 16.7. The van der Waals surface area contributed by atoms with Crippen LogP contribution in [0, 0.1) is 5.41 Å². The smallest absolute Gasteiger partial charge is 0.254 e. The Hall–Kier alpha value is -2.64. The first-order valence-corrected chi connectivity index (χ1v) is 11.7. The molecule has 1 aromatic rings. The Labute approximate surface area is 196 Å². The summed E-state index contributed by atoms with van der Waals surface area (Å²) in [7, 11) is 1.57. The molecule has 0 bridgehead atoms. The van der Waals surface area contributed by atoms with E-state index in [-0.39, 0.29) is 12.2 Å². The highest BCUT2D eigenvalue weighted by molar-refractivity contribution is 6.00. The number of nitrogens with two attached hydrogens (primary N) is 1. The molecule has 3 rings (SSSR count). The number of amides is 2. The summed E-state index contributed by atoms with van der Waals surface area (Å²) in [5, 5.41) is 2.69. The van der Waals surface area contributed by atoms with Crippen molar-refractivity contribution in [2.45, 2.75) is 58.2 Å². The minimum atomic E-state index is -0.993. The fraction of sp³-hybridized carbons (Fsp3) is 0.538. The third kappa shape index (κ3) is 4.99. The molecular formula is C26H36N2O5. The number of ether oxygens (including phenoxy) is 3. The number of rotatable bonds is 11. The predicted molar refractivity (Wildman–Crippen MR) is 126 cm³/mol. The van der Waals surface area contributed by atoms with Crippen molar-refractivity contribution in [1.29, 1.82) is 0 Å². The van der Waals surface area contributed by atoms with Crippen molar-refractivity contribution >= 4 is 11.8 Å². The minimum Gasteiger partial charge on any atom is -0.492 e. The lowest BCUT2D eigenvalue weighted by Gasteiger charge is -2.36. The van der Waals surface area contributed by atoms with Gasteiger partial charge in [-0.3, -0.25) is 9.59 Å². The molecule has 1 aliphatic heterocycles. The first-order valence-electron chi connectivity index (χ1n) is 11.7.